The van der Waals surface area contributed by atoms with Crippen LogP contribution in [0.25, 0.3) is 0 Å². The van der Waals surface area contributed by atoms with Gasteiger partial charge in [0.15, 0.2) is 0 Å². The number of nitrogens with zero attached hydrogens (tertiary/aromatic N) is 4. The standard InChI is InChI=1S/C32H32N4O3/c1-31(2,3)25-13-11-23(12-14-25)29(37)36-28(24-10-7-15-33-20-24)26(27-21-34-16-17-35-27)19-32(36,30(38)39)18-22-8-5-4-6-9-22/h4-17,20-21,26,28H,18-19H2,1-3H3,(H,38,39)/t26-,28+,32+/m1/s1. The fourth-order valence-corrected chi connectivity index (χ4v) is 5.65. The van der Waals surface area contributed by atoms with Crippen molar-refractivity contribution in [2.75, 3.05) is 0 Å². The van der Waals surface area contributed by atoms with Gasteiger partial charge in [-0.2, -0.15) is 0 Å². The maximum Gasteiger partial charge on any atom is 0.330 e. The van der Waals surface area contributed by atoms with Crippen molar-refractivity contribution in [3.05, 3.63) is 126 Å². The van der Waals surface area contributed by atoms with Gasteiger partial charge in [-0.15, -0.1) is 0 Å². The summed E-state index contributed by atoms with van der Waals surface area (Å²) in [7, 11) is 0. The maximum absolute atomic E-state index is 14.5. The first-order valence-electron chi connectivity index (χ1n) is 13.1. The predicted molar refractivity (Wildman–Crippen MR) is 148 cm³/mol. The van der Waals surface area contributed by atoms with Gasteiger partial charge in [0.05, 0.1) is 11.7 Å². The second kappa shape index (κ2) is 10.4. The fraction of sp³-hybridized carbons (Fsp3) is 0.281. The van der Waals surface area contributed by atoms with Crippen LogP contribution in [0.4, 0.5) is 0 Å². The van der Waals surface area contributed by atoms with Crippen LogP contribution in [0.15, 0.2) is 97.7 Å². The van der Waals surface area contributed by atoms with Crippen molar-refractivity contribution in [1.29, 1.82) is 0 Å². The SMILES string of the molecule is CC(C)(C)c1ccc(C(=O)N2[C@@H](c3cccnc3)[C@@H](c3cnccn3)C[C@@]2(Cc2ccccc2)C(=O)O)cc1. The Hall–Kier alpha value is -4.39. The van der Waals surface area contributed by atoms with E-state index in [1.54, 1.807) is 48.0 Å². The molecule has 1 amide bonds. The van der Waals surface area contributed by atoms with Gasteiger partial charge in [0.25, 0.3) is 5.91 Å². The third-order valence-corrected chi connectivity index (χ3v) is 7.62. The van der Waals surface area contributed by atoms with Crippen molar-refractivity contribution in [1.82, 2.24) is 19.9 Å². The smallest absolute Gasteiger partial charge is 0.330 e. The summed E-state index contributed by atoms with van der Waals surface area (Å²) in [6.45, 7) is 6.34. The minimum atomic E-state index is -1.52. The highest BCUT2D eigenvalue weighted by Gasteiger charge is 2.59. The molecule has 0 aliphatic carbocycles. The largest absolute Gasteiger partial charge is 0.479 e. The van der Waals surface area contributed by atoms with Crippen LogP contribution in [-0.2, 0) is 16.6 Å². The van der Waals surface area contributed by atoms with Crippen molar-refractivity contribution >= 4 is 11.9 Å². The number of hydrogen-bond acceptors (Lipinski definition) is 5. The highest BCUT2D eigenvalue weighted by atomic mass is 16.4. The number of aromatic nitrogens is 3. The first kappa shape index (κ1) is 26.2. The second-order valence-electron chi connectivity index (χ2n) is 11.2. The highest BCUT2D eigenvalue weighted by Crippen LogP contribution is 2.53. The first-order valence-corrected chi connectivity index (χ1v) is 13.1. The number of carbonyl (C=O) groups excluding carboxylic acids is 1. The van der Waals surface area contributed by atoms with E-state index in [0.717, 1.165) is 16.7 Å². The van der Waals surface area contributed by atoms with Crippen molar-refractivity contribution in [3.63, 3.8) is 0 Å². The van der Waals surface area contributed by atoms with Gasteiger partial charge in [-0.25, -0.2) is 4.79 Å². The normalized spacial score (nSPS) is 21.1. The van der Waals surface area contributed by atoms with E-state index < -0.39 is 23.5 Å². The third-order valence-electron chi connectivity index (χ3n) is 7.62. The highest BCUT2D eigenvalue weighted by molar-refractivity contribution is 5.99. The maximum atomic E-state index is 14.5. The van der Waals surface area contributed by atoms with E-state index in [2.05, 4.69) is 35.7 Å². The number of carbonyl (C=O) groups is 2. The Balaban J connectivity index is 1.71. The molecule has 0 radical (unpaired) electrons. The summed E-state index contributed by atoms with van der Waals surface area (Å²) in [4.78, 5) is 42.6. The average Bonchev–Trinajstić information content (AvgIpc) is 3.30. The first-order chi connectivity index (χ1) is 18.7. The number of carboxylic acid groups (broad SMARTS) is 1. The number of hydrogen-bond donors (Lipinski definition) is 1. The van der Waals surface area contributed by atoms with Gasteiger partial charge < -0.3 is 10.0 Å². The molecule has 2 aromatic carbocycles. The fourth-order valence-electron chi connectivity index (χ4n) is 5.65. The molecular weight excluding hydrogens is 488 g/mol. The molecule has 0 spiro atoms. The lowest BCUT2D eigenvalue weighted by Crippen LogP contribution is -2.55. The molecule has 3 atom stereocenters. The number of rotatable bonds is 6. The quantitative estimate of drug-likeness (QED) is 0.355. The van der Waals surface area contributed by atoms with Gasteiger partial charge in [-0.1, -0.05) is 69.3 Å². The summed E-state index contributed by atoms with van der Waals surface area (Å²) in [6, 6.07) is 20.1. The van der Waals surface area contributed by atoms with Gasteiger partial charge >= 0.3 is 5.97 Å². The molecule has 1 N–H and O–H groups in total. The molecule has 0 bridgehead atoms. The van der Waals surface area contributed by atoms with Crippen LogP contribution in [0.5, 0.6) is 0 Å². The number of amides is 1. The molecule has 3 heterocycles. The molecule has 39 heavy (non-hydrogen) atoms. The minimum Gasteiger partial charge on any atom is -0.479 e. The Bertz CT molecular complexity index is 1440. The van der Waals surface area contributed by atoms with Crippen molar-refractivity contribution in [3.8, 4) is 0 Å². The van der Waals surface area contributed by atoms with Crippen LogP contribution in [0, 0.1) is 0 Å². The van der Waals surface area contributed by atoms with E-state index >= 15 is 0 Å². The molecule has 7 nitrogen and oxygen atoms in total. The molecule has 1 aliphatic rings. The molecule has 5 rings (SSSR count). The summed E-state index contributed by atoms with van der Waals surface area (Å²) in [5.41, 5.74) is 2.16. The summed E-state index contributed by atoms with van der Waals surface area (Å²) >= 11 is 0. The van der Waals surface area contributed by atoms with Crippen LogP contribution >= 0.6 is 0 Å². The van der Waals surface area contributed by atoms with Crippen LogP contribution in [0.3, 0.4) is 0 Å². The van der Waals surface area contributed by atoms with Crippen LogP contribution in [-0.4, -0.2) is 42.4 Å². The van der Waals surface area contributed by atoms with Crippen molar-refractivity contribution in [2.45, 2.75) is 56.5 Å². The van der Waals surface area contributed by atoms with E-state index in [9.17, 15) is 14.7 Å². The topological polar surface area (TPSA) is 96.3 Å². The van der Waals surface area contributed by atoms with Crippen LogP contribution < -0.4 is 0 Å². The van der Waals surface area contributed by atoms with Crippen LogP contribution in [0.2, 0.25) is 0 Å². The Labute approximate surface area is 228 Å². The number of pyridine rings is 1. The van der Waals surface area contributed by atoms with Gasteiger partial charge in [0.1, 0.15) is 5.54 Å². The Morgan fingerprint density at radius 1 is 0.923 bits per heavy atom. The molecule has 0 saturated carbocycles. The molecule has 1 aliphatic heterocycles. The van der Waals surface area contributed by atoms with E-state index in [1.165, 1.54) is 0 Å². The average molecular weight is 521 g/mol. The molecule has 7 heteroatoms. The van der Waals surface area contributed by atoms with E-state index in [0.29, 0.717) is 11.3 Å². The summed E-state index contributed by atoms with van der Waals surface area (Å²) in [6.07, 6.45) is 8.56. The van der Waals surface area contributed by atoms with E-state index in [-0.39, 0.29) is 24.2 Å². The van der Waals surface area contributed by atoms with Gasteiger partial charge in [-0.05, 0) is 46.7 Å². The number of aliphatic carboxylic acids is 1. The Morgan fingerprint density at radius 3 is 2.23 bits per heavy atom. The lowest BCUT2D eigenvalue weighted by atomic mass is 9.83. The van der Waals surface area contributed by atoms with E-state index in [4.69, 9.17) is 0 Å². The zero-order valence-corrected chi connectivity index (χ0v) is 22.4. The third kappa shape index (κ3) is 5.04. The monoisotopic (exact) mass is 520 g/mol. The second-order valence-corrected chi connectivity index (χ2v) is 11.2. The molecule has 1 saturated heterocycles. The number of benzene rings is 2. The minimum absolute atomic E-state index is 0.0807. The number of carboxylic acids is 1. The van der Waals surface area contributed by atoms with Gasteiger partial charge in [0.2, 0.25) is 0 Å². The Kier molecular flexibility index (Phi) is 7.00. The lowest BCUT2D eigenvalue weighted by Gasteiger charge is -2.38. The van der Waals surface area contributed by atoms with Crippen molar-refractivity contribution < 1.29 is 14.7 Å². The zero-order valence-electron chi connectivity index (χ0n) is 22.4. The molecule has 2 aromatic heterocycles. The summed E-state index contributed by atoms with van der Waals surface area (Å²) in [5.74, 6) is -1.79. The molecule has 4 aromatic rings. The Morgan fingerprint density at radius 2 is 1.64 bits per heavy atom. The van der Waals surface area contributed by atoms with Gasteiger partial charge in [-0.3, -0.25) is 19.7 Å². The molecule has 0 unspecified atom stereocenters. The van der Waals surface area contributed by atoms with E-state index in [1.807, 2.05) is 54.6 Å². The molecule has 1 fully saturated rings. The molecule has 198 valence electrons. The lowest BCUT2D eigenvalue weighted by molar-refractivity contribution is -0.149. The van der Waals surface area contributed by atoms with Crippen molar-refractivity contribution in [2.24, 2.45) is 0 Å². The van der Waals surface area contributed by atoms with Gasteiger partial charge in [0, 0.05) is 48.9 Å². The summed E-state index contributed by atoms with van der Waals surface area (Å²) in [5, 5.41) is 10.9. The number of likely N-dealkylation sites (tertiary alicyclic amines) is 1. The predicted octanol–water partition coefficient (Wildman–Crippen LogP) is 5.61. The summed E-state index contributed by atoms with van der Waals surface area (Å²) < 4.78 is 0. The molecular formula is C32H32N4O3. The zero-order chi connectivity index (χ0) is 27.6. The van der Waals surface area contributed by atoms with Crippen LogP contribution in [0.1, 0.15) is 71.9 Å².